The molecule has 0 aliphatic rings. The van der Waals surface area contributed by atoms with Gasteiger partial charge in [-0.15, -0.1) is 0 Å². The van der Waals surface area contributed by atoms with Gasteiger partial charge in [-0.05, 0) is 0 Å². The number of carbonyl (C=O) groups excluding carboxylic acids is 2. The van der Waals surface area contributed by atoms with Crippen LogP contribution in [-0.4, -0.2) is 30.9 Å². The Bertz CT molecular complexity index is 162. The van der Waals surface area contributed by atoms with Crippen LogP contribution in [0.15, 0.2) is 0 Å². The van der Waals surface area contributed by atoms with E-state index in [9.17, 15) is 9.59 Å². The molecule has 0 spiro atoms. The molecule has 0 aliphatic carbocycles. The van der Waals surface area contributed by atoms with Gasteiger partial charge in [0.1, 0.15) is 6.04 Å². The minimum Gasteiger partial charge on any atom is -0.453 e. The van der Waals surface area contributed by atoms with Gasteiger partial charge in [-0.3, -0.25) is 4.79 Å². The van der Waals surface area contributed by atoms with E-state index < -0.39 is 18.0 Å². The standard InChI is InChI=1S/C5H10N2O3S/c1-10-5(9)7-3(2-11)4(6)8/h3,11H,2H2,1H3,(H2,6,8)(H,7,9)/t3-/m1/s1. The van der Waals surface area contributed by atoms with Crippen LogP contribution in [0.1, 0.15) is 0 Å². The maximum atomic E-state index is 10.5. The summed E-state index contributed by atoms with van der Waals surface area (Å²) in [7, 11) is 1.20. The Morgan fingerprint density at radius 1 is 1.73 bits per heavy atom. The third-order valence-corrected chi connectivity index (χ3v) is 1.37. The number of hydrogen-bond donors (Lipinski definition) is 3. The van der Waals surface area contributed by atoms with Gasteiger partial charge in [0.05, 0.1) is 7.11 Å². The first-order valence-corrected chi connectivity index (χ1v) is 3.49. The molecule has 0 radical (unpaired) electrons. The fraction of sp³-hybridized carbons (Fsp3) is 0.600. The van der Waals surface area contributed by atoms with Gasteiger partial charge in [0.2, 0.25) is 5.91 Å². The molecule has 0 aromatic carbocycles. The lowest BCUT2D eigenvalue weighted by molar-refractivity contribution is -0.119. The molecule has 0 saturated carbocycles. The van der Waals surface area contributed by atoms with Crippen LogP contribution in [-0.2, 0) is 9.53 Å². The van der Waals surface area contributed by atoms with Gasteiger partial charge < -0.3 is 15.8 Å². The number of amides is 2. The van der Waals surface area contributed by atoms with E-state index in [1.807, 2.05) is 0 Å². The van der Waals surface area contributed by atoms with Crippen LogP contribution in [0.3, 0.4) is 0 Å². The average Bonchev–Trinajstić information content (AvgIpc) is 1.99. The fourth-order valence-electron chi connectivity index (χ4n) is 0.408. The van der Waals surface area contributed by atoms with Crippen molar-refractivity contribution in [1.29, 1.82) is 0 Å². The number of nitrogens with one attached hydrogen (secondary N) is 1. The molecule has 0 saturated heterocycles. The van der Waals surface area contributed by atoms with Crippen LogP contribution < -0.4 is 11.1 Å². The number of alkyl carbamates (subject to hydrolysis) is 1. The molecule has 0 heterocycles. The number of primary amides is 1. The quantitative estimate of drug-likeness (QED) is 0.491. The van der Waals surface area contributed by atoms with E-state index in [4.69, 9.17) is 5.73 Å². The molecule has 0 aliphatic heterocycles. The summed E-state index contributed by atoms with van der Waals surface area (Å²) >= 11 is 3.80. The maximum Gasteiger partial charge on any atom is 0.407 e. The summed E-state index contributed by atoms with van der Waals surface area (Å²) in [6.45, 7) is 0. The van der Waals surface area contributed by atoms with Crippen molar-refractivity contribution in [2.45, 2.75) is 6.04 Å². The number of thiol groups is 1. The zero-order chi connectivity index (χ0) is 8.85. The first-order valence-electron chi connectivity index (χ1n) is 2.86. The summed E-state index contributed by atoms with van der Waals surface area (Å²) in [6.07, 6.45) is -0.692. The Morgan fingerprint density at radius 3 is 2.55 bits per heavy atom. The van der Waals surface area contributed by atoms with Crippen LogP contribution in [0.5, 0.6) is 0 Å². The minimum absolute atomic E-state index is 0.157. The second-order valence-corrected chi connectivity index (χ2v) is 2.14. The van der Waals surface area contributed by atoms with Crippen molar-refractivity contribution in [2.75, 3.05) is 12.9 Å². The first kappa shape index (κ1) is 10.1. The highest BCUT2D eigenvalue weighted by molar-refractivity contribution is 7.80. The molecule has 1 atom stereocenters. The van der Waals surface area contributed by atoms with Gasteiger partial charge in [0.25, 0.3) is 0 Å². The summed E-state index contributed by atoms with van der Waals surface area (Å²) in [5.41, 5.74) is 4.89. The molecule has 0 aromatic heterocycles. The van der Waals surface area contributed by atoms with E-state index >= 15 is 0 Å². The van der Waals surface area contributed by atoms with E-state index in [0.29, 0.717) is 0 Å². The monoisotopic (exact) mass is 178 g/mol. The Balaban J connectivity index is 3.88. The van der Waals surface area contributed by atoms with Crippen LogP contribution >= 0.6 is 12.6 Å². The van der Waals surface area contributed by atoms with Gasteiger partial charge in [0.15, 0.2) is 0 Å². The average molecular weight is 178 g/mol. The highest BCUT2D eigenvalue weighted by Gasteiger charge is 2.15. The number of methoxy groups -OCH3 is 1. The molecule has 11 heavy (non-hydrogen) atoms. The Kier molecular flexibility index (Phi) is 4.44. The molecule has 3 N–H and O–H groups in total. The second kappa shape index (κ2) is 4.84. The number of nitrogens with two attached hydrogens (primary N) is 1. The normalized spacial score (nSPS) is 11.8. The molecule has 0 bridgehead atoms. The zero-order valence-electron chi connectivity index (χ0n) is 6.03. The summed E-state index contributed by atoms with van der Waals surface area (Å²) in [6, 6.07) is -0.772. The number of ether oxygens (including phenoxy) is 1. The van der Waals surface area contributed by atoms with Crippen molar-refractivity contribution in [2.24, 2.45) is 5.73 Å². The van der Waals surface area contributed by atoms with Crippen molar-refractivity contribution in [3.05, 3.63) is 0 Å². The van der Waals surface area contributed by atoms with E-state index in [-0.39, 0.29) is 5.75 Å². The van der Waals surface area contributed by atoms with E-state index in [1.54, 1.807) is 0 Å². The molecule has 5 nitrogen and oxygen atoms in total. The molecule has 0 unspecified atom stereocenters. The van der Waals surface area contributed by atoms with Crippen LogP contribution in [0.2, 0.25) is 0 Å². The Morgan fingerprint density at radius 2 is 2.27 bits per heavy atom. The summed E-state index contributed by atoms with van der Waals surface area (Å²) < 4.78 is 4.24. The van der Waals surface area contributed by atoms with Crippen molar-refractivity contribution < 1.29 is 14.3 Å². The van der Waals surface area contributed by atoms with E-state index in [0.717, 1.165) is 0 Å². The van der Waals surface area contributed by atoms with E-state index in [2.05, 4.69) is 22.7 Å². The lowest BCUT2D eigenvalue weighted by Crippen LogP contribution is -2.45. The molecule has 64 valence electrons. The van der Waals surface area contributed by atoms with E-state index in [1.165, 1.54) is 7.11 Å². The Labute approximate surface area is 69.7 Å². The molecule has 0 fully saturated rings. The summed E-state index contributed by atoms with van der Waals surface area (Å²) in [5.74, 6) is -0.477. The maximum absolute atomic E-state index is 10.5. The number of hydrogen-bond acceptors (Lipinski definition) is 4. The highest BCUT2D eigenvalue weighted by atomic mass is 32.1. The summed E-state index contributed by atoms with van der Waals surface area (Å²) in [5, 5.41) is 2.20. The van der Waals surface area contributed by atoms with Crippen molar-refractivity contribution in [3.8, 4) is 0 Å². The fourth-order valence-corrected chi connectivity index (χ4v) is 0.679. The van der Waals surface area contributed by atoms with Crippen LogP contribution in [0.4, 0.5) is 4.79 Å². The van der Waals surface area contributed by atoms with Crippen molar-refractivity contribution in [3.63, 3.8) is 0 Å². The third kappa shape index (κ3) is 3.72. The number of carbonyl (C=O) groups is 2. The lowest BCUT2D eigenvalue weighted by Gasteiger charge is -2.10. The van der Waals surface area contributed by atoms with Crippen molar-refractivity contribution >= 4 is 24.6 Å². The molecule has 6 heteroatoms. The van der Waals surface area contributed by atoms with Gasteiger partial charge in [-0.1, -0.05) is 0 Å². The smallest absolute Gasteiger partial charge is 0.407 e. The van der Waals surface area contributed by atoms with Gasteiger partial charge in [-0.2, -0.15) is 12.6 Å². The van der Waals surface area contributed by atoms with Crippen LogP contribution in [0.25, 0.3) is 0 Å². The van der Waals surface area contributed by atoms with Crippen molar-refractivity contribution in [1.82, 2.24) is 5.32 Å². The molecule has 0 rings (SSSR count). The molecular formula is C5H10N2O3S. The van der Waals surface area contributed by atoms with Gasteiger partial charge in [-0.25, -0.2) is 4.79 Å². The SMILES string of the molecule is COC(=O)N[C@H](CS)C(N)=O. The van der Waals surface area contributed by atoms with Crippen LogP contribution in [0, 0.1) is 0 Å². The molecule has 2 amide bonds. The number of rotatable bonds is 3. The molecule has 0 aromatic rings. The van der Waals surface area contributed by atoms with Gasteiger partial charge >= 0.3 is 6.09 Å². The predicted octanol–water partition coefficient (Wildman–Crippen LogP) is -0.874. The molecular weight excluding hydrogens is 168 g/mol. The Hall–Kier alpha value is -0.910. The largest absolute Gasteiger partial charge is 0.453 e. The second-order valence-electron chi connectivity index (χ2n) is 1.77. The lowest BCUT2D eigenvalue weighted by atomic mass is 10.3. The highest BCUT2D eigenvalue weighted by Crippen LogP contribution is 1.87. The summed E-state index contributed by atoms with van der Waals surface area (Å²) in [4.78, 5) is 21.0. The predicted molar refractivity (Wildman–Crippen MR) is 42.4 cm³/mol. The third-order valence-electron chi connectivity index (χ3n) is 1.00. The zero-order valence-corrected chi connectivity index (χ0v) is 6.93. The minimum atomic E-state index is -0.772. The topological polar surface area (TPSA) is 81.4 Å². The first-order chi connectivity index (χ1) is 5.11. The van der Waals surface area contributed by atoms with Gasteiger partial charge in [0, 0.05) is 5.75 Å².